The summed E-state index contributed by atoms with van der Waals surface area (Å²) in [6.45, 7) is 2.39. The molecule has 7 heteroatoms. The van der Waals surface area contributed by atoms with Gasteiger partial charge < -0.3 is 18.9 Å². The van der Waals surface area contributed by atoms with Gasteiger partial charge in [0, 0.05) is 6.08 Å². The minimum Gasteiger partial charge on any atom is -0.493 e. The van der Waals surface area contributed by atoms with Crippen molar-refractivity contribution < 1.29 is 28.5 Å². The van der Waals surface area contributed by atoms with Crippen LogP contribution in [0.5, 0.6) is 11.5 Å². The van der Waals surface area contributed by atoms with Crippen molar-refractivity contribution in [2.45, 2.75) is 13.5 Å². The SMILES string of the molecule is CCOc1c(Cl)cc(/C=C/C(=O)OCc2ccc(C(=O)OC)cc2)cc1OC. The lowest BCUT2D eigenvalue weighted by molar-refractivity contribution is -0.138. The average molecular weight is 405 g/mol. The average Bonchev–Trinajstić information content (AvgIpc) is 2.72. The number of halogens is 1. The van der Waals surface area contributed by atoms with Gasteiger partial charge in [-0.1, -0.05) is 23.7 Å². The molecule has 0 saturated heterocycles. The lowest BCUT2D eigenvalue weighted by Crippen LogP contribution is -2.03. The van der Waals surface area contributed by atoms with Crippen molar-refractivity contribution in [2.24, 2.45) is 0 Å². The Morgan fingerprint density at radius 2 is 1.82 bits per heavy atom. The molecule has 0 unspecified atom stereocenters. The third-order valence-corrected chi connectivity index (χ3v) is 3.99. The maximum Gasteiger partial charge on any atom is 0.337 e. The van der Waals surface area contributed by atoms with Gasteiger partial charge in [-0.3, -0.25) is 0 Å². The number of esters is 2. The number of benzene rings is 2. The van der Waals surface area contributed by atoms with E-state index >= 15 is 0 Å². The van der Waals surface area contributed by atoms with Gasteiger partial charge in [0.05, 0.1) is 31.4 Å². The molecule has 28 heavy (non-hydrogen) atoms. The Hall–Kier alpha value is -2.99. The van der Waals surface area contributed by atoms with E-state index in [-0.39, 0.29) is 6.61 Å². The van der Waals surface area contributed by atoms with Crippen molar-refractivity contribution in [3.05, 3.63) is 64.2 Å². The third kappa shape index (κ3) is 5.76. The van der Waals surface area contributed by atoms with Gasteiger partial charge >= 0.3 is 11.9 Å². The van der Waals surface area contributed by atoms with Crippen LogP contribution in [-0.2, 0) is 20.9 Å². The van der Waals surface area contributed by atoms with Crippen LogP contribution < -0.4 is 9.47 Å². The maximum atomic E-state index is 11.9. The van der Waals surface area contributed by atoms with E-state index in [2.05, 4.69) is 4.74 Å². The van der Waals surface area contributed by atoms with Crippen molar-refractivity contribution in [3.63, 3.8) is 0 Å². The smallest absolute Gasteiger partial charge is 0.337 e. The molecule has 2 rings (SSSR count). The van der Waals surface area contributed by atoms with Crippen LogP contribution in [0.1, 0.15) is 28.4 Å². The lowest BCUT2D eigenvalue weighted by Gasteiger charge is -2.11. The predicted octanol–water partition coefficient (Wildman–Crippen LogP) is 4.29. The number of carbonyl (C=O) groups excluding carboxylic acids is 2. The Morgan fingerprint density at radius 1 is 1.11 bits per heavy atom. The Labute approximate surface area is 168 Å². The van der Waals surface area contributed by atoms with Crippen molar-refractivity contribution >= 4 is 29.6 Å². The van der Waals surface area contributed by atoms with Gasteiger partial charge in [-0.05, 0) is 48.4 Å². The topological polar surface area (TPSA) is 71.1 Å². The summed E-state index contributed by atoms with van der Waals surface area (Å²) in [5.41, 5.74) is 1.85. The normalized spacial score (nSPS) is 10.6. The number of rotatable bonds is 8. The minimum absolute atomic E-state index is 0.0813. The molecule has 0 aliphatic rings. The largest absolute Gasteiger partial charge is 0.493 e. The van der Waals surface area contributed by atoms with Gasteiger partial charge in [0.25, 0.3) is 0 Å². The van der Waals surface area contributed by atoms with E-state index < -0.39 is 11.9 Å². The van der Waals surface area contributed by atoms with Gasteiger partial charge in [0.1, 0.15) is 6.61 Å². The molecular formula is C21H21ClO6. The molecule has 0 fully saturated rings. The van der Waals surface area contributed by atoms with Crippen molar-refractivity contribution in [3.8, 4) is 11.5 Å². The molecule has 6 nitrogen and oxygen atoms in total. The second-order valence-electron chi connectivity index (χ2n) is 5.60. The zero-order valence-electron chi connectivity index (χ0n) is 15.9. The van der Waals surface area contributed by atoms with Crippen LogP contribution >= 0.6 is 11.6 Å². The zero-order chi connectivity index (χ0) is 20.5. The van der Waals surface area contributed by atoms with Gasteiger partial charge in [0.2, 0.25) is 0 Å². The Balaban J connectivity index is 1.98. The molecule has 0 saturated carbocycles. The van der Waals surface area contributed by atoms with Crippen molar-refractivity contribution in [1.82, 2.24) is 0 Å². The highest BCUT2D eigenvalue weighted by Gasteiger charge is 2.11. The first-order valence-electron chi connectivity index (χ1n) is 8.50. The highest BCUT2D eigenvalue weighted by molar-refractivity contribution is 6.32. The second-order valence-corrected chi connectivity index (χ2v) is 6.00. The molecule has 0 atom stereocenters. The Morgan fingerprint density at radius 3 is 2.43 bits per heavy atom. The standard InChI is InChI=1S/C21H21ClO6/c1-4-27-20-17(22)11-15(12-18(20)25-2)7-10-19(23)28-13-14-5-8-16(9-6-14)21(24)26-3/h5-12H,4,13H2,1-3H3/b10-7+. The molecule has 0 spiro atoms. The molecule has 0 aliphatic carbocycles. The van der Waals surface area contributed by atoms with E-state index in [9.17, 15) is 9.59 Å². The van der Waals surface area contributed by atoms with Crippen LogP contribution in [0.25, 0.3) is 6.08 Å². The molecule has 0 N–H and O–H groups in total. The molecule has 0 heterocycles. The highest BCUT2D eigenvalue weighted by Crippen LogP contribution is 2.36. The number of carbonyl (C=O) groups is 2. The van der Waals surface area contributed by atoms with E-state index in [0.29, 0.717) is 34.3 Å². The number of ether oxygens (including phenoxy) is 4. The first-order chi connectivity index (χ1) is 13.5. The van der Waals surface area contributed by atoms with Gasteiger partial charge in [-0.2, -0.15) is 0 Å². The Bertz CT molecular complexity index is 858. The molecule has 0 radical (unpaired) electrons. The van der Waals surface area contributed by atoms with E-state index in [4.69, 9.17) is 25.8 Å². The van der Waals surface area contributed by atoms with Gasteiger partial charge in [0.15, 0.2) is 11.5 Å². The zero-order valence-corrected chi connectivity index (χ0v) is 16.6. The summed E-state index contributed by atoms with van der Waals surface area (Å²) in [6, 6.07) is 10.00. The predicted molar refractivity (Wildman–Crippen MR) is 106 cm³/mol. The molecule has 148 valence electrons. The fraction of sp³-hybridized carbons (Fsp3) is 0.238. The fourth-order valence-electron chi connectivity index (χ4n) is 2.34. The first kappa shape index (κ1) is 21.3. The molecule has 0 aliphatic heterocycles. The quantitative estimate of drug-likeness (QED) is 0.482. The van der Waals surface area contributed by atoms with Crippen LogP contribution in [-0.4, -0.2) is 32.8 Å². The summed E-state index contributed by atoms with van der Waals surface area (Å²) in [5, 5.41) is 0.389. The summed E-state index contributed by atoms with van der Waals surface area (Å²) in [5.74, 6) is 0.00629. The van der Waals surface area contributed by atoms with E-state index in [1.54, 1.807) is 42.5 Å². The first-order valence-corrected chi connectivity index (χ1v) is 8.88. The fourth-order valence-corrected chi connectivity index (χ4v) is 2.62. The van der Waals surface area contributed by atoms with Gasteiger partial charge in [-0.15, -0.1) is 0 Å². The van der Waals surface area contributed by atoms with Crippen LogP contribution in [0.15, 0.2) is 42.5 Å². The summed E-state index contributed by atoms with van der Waals surface area (Å²) in [7, 11) is 2.83. The molecule has 0 bridgehead atoms. The second kappa shape index (κ2) is 10.4. The number of methoxy groups -OCH3 is 2. The van der Waals surface area contributed by atoms with Crippen molar-refractivity contribution in [1.29, 1.82) is 0 Å². The number of hydrogen-bond acceptors (Lipinski definition) is 6. The van der Waals surface area contributed by atoms with Crippen LogP contribution in [0.3, 0.4) is 0 Å². The van der Waals surface area contributed by atoms with Gasteiger partial charge in [-0.25, -0.2) is 9.59 Å². The van der Waals surface area contributed by atoms with Crippen LogP contribution in [0.4, 0.5) is 0 Å². The summed E-state index contributed by atoms with van der Waals surface area (Å²) in [4.78, 5) is 23.3. The maximum absolute atomic E-state index is 11.9. The van der Waals surface area contributed by atoms with E-state index in [1.807, 2.05) is 6.92 Å². The van der Waals surface area contributed by atoms with Crippen molar-refractivity contribution in [2.75, 3.05) is 20.8 Å². The summed E-state index contributed by atoms with van der Waals surface area (Å²) < 4.78 is 20.6. The monoisotopic (exact) mass is 404 g/mol. The Kier molecular flexibility index (Phi) is 7.89. The lowest BCUT2D eigenvalue weighted by atomic mass is 10.1. The third-order valence-electron chi connectivity index (χ3n) is 3.71. The molecule has 0 aromatic heterocycles. The molecule has 2 aromatic carbocycles. The molecule has 0 amide bonds. The van der Waals surface area contributed by atoms with Crippen LogP contribution in [0, 0.1) is 0 Å². The molecular weight excluding hydrogens is 384 g/mol. The summed E-state index contributed by atoms with van der Waals surface area (Å²) in [6.07, 6.45) is 2.88. The number of hydrogen-bond donors (Lipinski definition) is 0. The van der Waals surface area contributed by atoms with Crippen LogP contribution in [0.2, 0.25) is 5.02 Å². The van der Waals surface area contributed by atoms with E-state index in [1.165, 1.54) is 20.3 Å². The molecule has 2 aromatic rings. The summed E-state index contributed by atoms with van der Waals surface area (Å²) >= 11 is 6.21. The van der Waals surface area contributed by atoms with E-state index in [0.717, 1.165) is 5.56 Å². The highest BCUT2D eigenvalue weighted by atomic mass is 35.5. The minimum atomic E-state index is -0.513.